The highest BCUT2D eigenvalue weighted by Crippen LogP contribution is 2.23. The molecular weight excluding hydrogens is 293 g/mol. The summed E-state index contributed by atoms with van der Waals surface area (Å²) >= 11 is 0. The molecule has 0 amide bonds. The average Bonchev–Trinajstić information content (AvgIpc) is 2.42. The highest BCUT2D eigenvalue weighted by molar-refractivity contribution is 5.86. The molecule has 0 spiro atoms. The second kappa shape index (κ2) is 12.5. The molecule has 0 aliphatic heterocycles. The van der Waals surface area contributed by atoms with E-state index in [0.717, 1.165) is 51.4 Å². The molecule has 0 unspecified atom stereocenters. The van der Waals surface area contributed by atoms with Crippen LogP contribution in [-0.2, 0) is 9.53 Å². The van der Waals surface area contributed by atoms with Crippen LogP contribution in [-0.4, -0.2) is 18.8 Å². The molecule has 0 saturated heterocycles. The van der Waals surface area contributed by atoms with Gasteiger partial charge in [0.05, 0.1) is 6.61 Å². The van der Waals surface area contributed by atoms with E-state index in [1.54, 1.807) is 6.92 Å². The van der Waals surface area contributed by atoms with Crippen molar-refractivity contribution in [3.63, 3.8) is 0 Å². The summed E-state index contributed by atoms with van der Waals surface area (Å²) in [5.74, 6) is -0.328. The average molecular weight is 322 g/mol. The molecule has 0 aromatic carbocycles. The van der Waals surface area contributed by atoms with Crippen LogP contribution in [0.25, 0.3) is 0 Å². The second-order valence-electron chi connectivity index (χ2n) is 5.82. The smallest absolute Gasteiger partial charge is 0.389 e. The van der Waals surface area contributed by atoms with E-state index in [0.29, 0.717) is 18.6 Å². The number of carbonyl (C=O) groups excluding carboxylic acids is 1. The highest BCUT2D eigenvalue weighted by Gasteiger charge is 2.25. The van der Waals surface area contributed by atoms with Crippen molar-refractivity contribution in [1.82, 2.24) is 0 Å². The van der Waals surface area contributed by atoms with Gasteiger partial charge in [0, 0.05) is 12.0 Å². The van der Waals surface area contributed by atoms with E-state index in [-0.39, 0.29) is 12.4 Å². The summed E-state index contributed by atoms with van der Waals surface area (Å²) in [4.78, 5) is 11.1. The van der Waals surface area contributed by atoms with Crippen molar-refractivity contribution >= 4 is 5.97 Å². The Bertz CT molecular complexity index is 312. The Morgan fingerprint density at radius 1 is 0.864 bits per heavy atom. The SMILES string of the molecule is C=C(C)C(=O)OCCCCCCCCCCCCC(F)(F)F. The van der Waals surface area contributed by atoms with E-state index < -0.39 is 12.6 Å². The molecule has 5 heteroatoms. The van der Waals surface area contributed by atoms with Crippen LogP contribution >= 0.6 is 0 Å². The van der Waals surface area contributed by atoms with Crippen LogP contribution in [0.4, 0.5) is 13.2 Å². The van der Waals surface area contributed by atoms with Gasteiger partial charge in [0.15, 0.2) is 0 Å². The van der Waals surface area contributed by atoms with Gasteiger partial charge in [-0.2, -0.15) is 13.2 Å². The molecule has 22 heavy (non-hydrogen) atoms. The lowest BCUT2D eigenvalue weighted by atomic mass is 10.1. The van der Waals surface area contributed by atoms with Crippen molar-refractivity contribution in [3.8, 4) is 0 Å². The molecule has 0 aromatic rings. The van der Waals surface area contributed by atoms with E-state index in [4.69, 9.17) is 4.74 Å². The molecule has 0 N–H and O–H groups in total. The Kier molecular flexibility index (Phi) is 12.0. The Balaban J connectivity index is 3.15. The maximum Gasteiger partial charge on any atom is 0.389 e. The molecule has 0 heterocycles. The summed E-state index contributed by atoms with van der Waals surface area (Å²) in [5, 5.41) is 0. The molecule has 0 bridgehead atoms. The largest absolute Gasteiger partial charge is 0.462 e. The summed E-state index contributed by atoms with van der Waals surface area (Å²) in [5.41, 5.74) is 0.426. The number of alkyl halides is 3. The van der Waals surface area contributed by atoms with Crippen LogP contribution in [0.2, 0.25) is 0 Å². The van der Waals surface area contributed by atoms with Gasteiger partial charge in [-0.15, -0.1) is 0 Å². The standard InChI is InChI=1S/C17H29F3O2/c1-15(2)16(21)22-14-12-10-8-6-4-3-5-7-9-11-13-17(18,19)20/h1,3-14H2,2H3. The quantitative estimate of drug-likeness (QED) is 0.237. The van der Waals surface area contributed by atoms with E-state index >= 15 is 0 Å². The lowest BCUT2D eigenvalue weighted by Crippen LogP contribution is -2.06. The van der Waals surface area contributed by atoms with Gasteiger partial charge in [0.1, 0.15) is 0 Å². The first-order valence-corrected chi connectivity index (χ1v) is 8.22. The van der Waals surface area contributed by atoms with Gasteiger partial charge < -0.3 is 4.74 Å². The molecular formula is C17H29F3O2. The van der Waals surface area contributed by atoms with Gasteiger partial charge in [-0.25, -0.2) is 4.79 Å². The fourth-order valence-corrected chi connectivity index (χ4v) is 2.13. The fraction of sp³-hybridized carbons (Fsp3) is 0.824. The van der Waals surface area contributed by atoms with Gasteiger partial charge in [-0.3, -0.25) is 0 Å². The third-order valence-electron chi connectivity index (χ3n) is 3.44. The van der Waals surface area contributed by atoms with Crippen molar-refractivity contribution in [1.29, 1.82) is 0 Å². The number of unbranched alkanes of at least 4 members (excludes halogenated alkanes) is 9. The molecule has 0 aliphatic carbocycles. The first kappa shape index (κ1) is 21.0. The molecule has 0 aromatic heterocycles. The van der Waals surface area contributed by atoms with Crippen molar-refractivity contribution in [2.45, 2.75) is 83.7 Å². The Hall–Kier alpha value is -1.00. The normalized spacial score (nSPS) is 11.5. The Morgan fingerprint density at radius 2 is 1.27 bits per heavy atom. The monoisotopic (exact) mass is 322 g/mol. The van der Waals surface area contributed by atoms with Crippen molar-refractivity contribution < 1.29 is 22.7 Å². The summed E-state index contributed by atoms with van der Waals surface area (Å²) < 4.78 is 40.7. The Labute approximate surface area is 132 Å². The minimum atomic E-state index is -4.00. The lowest BCUT2D eigenvalue weighted by Gasteiger charge is -2.06. The van der Waals surface area contributed by atoms with Crippen LogP contribution in [0, 0.1) is 0 Å². The van der Waals surface area contributed by atoms with Crippen LogP contribution in [0.3, 0.4) is 0 Å². The van der Waals surface area contributed by atoms with Gasteiger partial charge in [0.25, 0.3) is 0 Å². The number of carbonyl (C=O) groups is 1. The van der Waals surface area contributed by atoms with E-state index in [1.165, 1.54) is 0 Å². The van der Waals surface area contributed by atoms with Crippen LogP contribution in [0.15, 0.2) is 12.2 Å². The molecule has 0 atom stereocenters. The number of rotatable bonds is 13. The highest BCUT2D eigenvalue weighted by atomic mass is 19.4. The number of hydrogen-bond donors (Lipinski definition) is 0. The molecule has 0 radical (unpaired) electrons. The first-order chi connectivity index (χ1) is 10.3. The van der Waals surface area contributed by atoms with Crippen molar-refractivity contribution in [2.75, 3.05) is 6.61 Å². The van der Waals surface area contributed by atoms with Crippen molar-refractivity contribution in [3.05, 3.63) is 12.2 Å². The maximum absolute atomic E-state index is 11.9. The third kappa shape index (κ3) is 15.4. The van der Waals surface area contributed by atoms with E-state index in [2.05, 4.69) is 6.58 Å². The van der Waals surface area contributed by atoms with Crippen LogP contribution < -0.4 is 0 Å². The van der Waals surface area contributed by atoms with Crippen LogP contribution in [0.1, 0.15) is 77.6 Å². The summed E-state index contributed by atoms with van der Waals surface area (Å²) in [7, 11) is 0. The van der Waals surface area contributed by atoms with Gasteiger partial charge >= 0.3 is 12.1 Å². The Morgan fingerprint density at radius 3 is 1.68 bits per heavy atom. The second-order valence-corrected chi connectivity index (χ2v) is 5.82. The predicted molar refractivity (Wildman–Crippen MR) is 82.6 cm³/mol. The minimum absolute atomic E-state index is 0.256. The lowest BCUT2D eigenvalue weighted by molar-refractivity contribution is -0.139. The molecule has 0 rings (SSSR count). The minimum Gasteiger partial charge on any atom is -0.462 e. The fourth-order valence-electron chi connectivity index (χ4n) is 2.13. The molecule has 130 valence electrons. The predicted octanol–water partition coefficient (Wildman–Crippen LogP) is 5.96. The topological polar surface area (TPSA) is 26.3 Å². The first-order valence-electron chi connectivity index (χ1n) is 8.22. The zero-order valence-electron chi connectivity index (χ0n) is 13.6. The summed E-state index contributed by atoms with van der Waals surface area (Å²) in [6.07, 6.45) is 4.57. The van der Waals surface area contributed by atoms with Crippen LogP contribution in [0.5, 0.6) is 0 Å². The molecule has 0 saturated carbocycles. The van der Waals surface area contributed by atoms with E-state index in [9.17, 15) is 18.0 Å². The van der Waals surface area contributed by atoms with Gasteiger partial charge in [0.2, 0.25) is 0 Å². The number of hydrogen-bond acceptors (Lipinski definition) is 2. The number of halogens is 3. The number of esters is 1. The molecule has 2 nitrogen and oxygen atoms in total. The van der Waals surface area contributed by atoms with Crippen molar-refractivity contribution in [2.24, 2.45) is 0 Å². The zero-order chi connectivity index (χ0) is 16.8. The third-order valence-corrected chi connectivity index (χ3v) is 3.44. The maximum atomic E-state index is 11.9. The van der Waals surface area contributed by atoms with Gasteiger partial charge in [-0.05, 0) is 19.8 Å². The molecule has 0 fully saturated rings. The molecule has 0 aliphatic rings. The summed E-state index contributed by atoms with van der Waals surface area (Å²) in [6.45, 7) is 5.59. The number of ether oxygens (including phenoxy) is 1. The van der Waals surface area contributed by atoms with E-state index in [1.807, 2.05) is 0 Å². The summed E-state index contributed by atoms with van der Waals surface area (Å²) in [6, 6.07) is 0. The van der Waals surface area contributed by atoms with Gasteiger partial charge in [-0.1, -0.05) is 57.9 Å². The zero-order valence-corrected chi connectivity index (χ0v) is 13.6.